The number of hydrogen-bond acceptors (Lipinski definition) is 4. The maximum absolute atomic E-state index is 9.09. The van der Waals surface area contributed by atoms with Gasteiger partial charge in [-0.05, 0) is 40.2 Å². The number of hydrogen-bond donors (Lipinski definition) is 1. The Morgan fingerprint density at radius 3 is 2.38 bits per heavy atom. The van der Waals surface area contributed by atoms with Crippen molar-refractivity contribution in [1.29, 1.82) is 0 Å². The molecule has 1 aromatic heterocycles. The fourth-order valence-electron chi connectivity index (χ4n) is 1.10. The number of rotatable bonds is 3. The highest BCUT2D eigenvalue weighted by Gasteiger charge is 1.98. The van der Waals surface area contributed by atoms with Gasteiger partial charge in [-0.15, -0.1) is 0 Å². The van der Waals surface area contributed by atoms with Gasteiger partial charge in [0.05, 0.1) is 4.47 Å². The first-order valence-corrected chi connectivity index (χ1v) is 5.41. The molecule has 0 radical (unpaired) electrons. The third-order valence-corrected chi connectivity index (χ3v) is 2.29. The highest BCUT2D eigenvalue weighted by atomic mass is 79.9. The molecule has 0 aliphatic carbocycles. The molecule has 0 saturated heterocycles. The summed E-state index contributed by atoms with van der Waals surface area (Å²) < 4.78 is 6.27. The molecular formula is C11H9BrN2O2. The van der Waals surface area contributed by atoms with Gasteiger partial charge in [-0.3, -0.25) is 0 Å². The van der Waals surface area contributed by atoms with Crippen LogP contribution in [0.3, 0.4) is 0 Å². The number of aromatic hydroxyl groups is 1. The van der Waals surface area contributed by atoms with E-state index in [1.165, 1.54) is 0 Å². The summed E-state index contributed by atoms with van der Waals surface area (Å²) in [6.07, 6.45) is 3.34. The second kappa shape index (κ2) is 4.94. The van der Waals surface area contributed by atoms with Crippen molar-refractivity contribution in [2.24, 2.45) is 0 Å². The molecule has 0 atom stereocenters. The van der Waals surface area contributed by atoms with E-state index in [1.807, 2.05) is 0 Å². The molecule has 0 spiro atoms. The van der Waals surface area contributed by atoms with Crippen molar-refractivity contribution in [2.75, 3.05) is 0 Å². The highest BCUT2D eigenvalue weighted by molar-refractivity contribution is 9.10. The van der Waals surface area contributed by atoms with E-state index in [0.717, 1.165) is 4.47 Å². The molecule has 16 heavy (non-hydrogen) atoms. The van der Waals surface area contributed by atoms with E-state index in [1.54, 1.807) is 36.7 Å². The fourth-order valence-corrected chi connectivity index (χ4v) is 1.31. The predicted molar refractivity (Wildman–Crippen MR) is 62.2 cm³/mol. The maximum atomic E-state index is 9.09. The number of halogens is 1. The van der Waals surface area contributed by atoms with E-state index in [-0.39, 0.29) is 5.75 Å². The predicted octanol–water partition coefficient (Wildman–Crippen LogP) is 2.52. The van der Waals surface area contributed by atoms with Crippen LogP contribution in [-0.2, 0) is 6.61 Å². The van der Waals surface area contributed by atoms with Crippen LogP contribution in [0.1, 0.15) is 5.82 Å². The van der Waals surface area contributed by atoms with Crippen molar-refractivity contribution in [3.8, 4) is 11.5 Å². The first kappa shape index (κ1) is 10.9. The van der Waals surface area contributed by atoms with Gasteiger partial charge in [0.1, 0.15) is 18.1 Å². The first-order chi connectivity index (χ1) is 7.74. The van der Waals surface area contributed by atoms with Gasteiger partial charge in [0.25, 0.3) is 0 Å². The number of phenolic OH excluding ortho intramolecular Hbond substituents is 1. The molecule has 1 heterocycles. The molecule has 1 N–H and O–H groups in total. The summed E-state index contributed by atoms with van der Waals surface area (Å²) in [6, 6.07) is 6.51. The summed E-state index contributed by atoms with van der Waals surface area (Å²) in [5.74, 6) is 1.49. The summed E-state index contributed by atoms with van der Waals surface area (Å²) in [5.41, 5.74) is 0. The Hall–Kier alpha value is -1.62. The minimum atomic E-state index is 0.215. The van der Waals surface area contributed by atoms with E-state index >= 15 is 0 Å². The monoisotopic (exact) mass is 280 g/mol. The molecule has 0 bridgehead atoms. The van der Waals surface area contributed by atoms with E-state index in [0.29, 0.717) is 18.2 Å². The second-order valence-corrected chi connectivity index (χ2v) is 4.02. The van der Waals surface area contributed by atoms with Crippen molar-refractivity contribution < 1.29 is 9.84 Å². The molecule has 4 nitrogen and oxygen atoms in total. The van der Waals surface area contributed by atoms with Crippen LogP contribution in [0.5, 0.6) is 11.5 Å². The molecule has 0 unspecified atom stereocenters. The molecule has 0 aliphatic rings. The molecule has 5 heteroatoms. The number of aromatic nitrogens is 2. The van der Waals surface area contributed by atoms with Crippen molar-refractivity contribution in [1.82, 2.24) is 9.97 Å². The van der Waals surface area contributed by atoms with Crippen molar-refractivity contribution in [2.45, 2.75) is 6.61 Å². The number of nitrogens with zero attached hydrogens (tertiary/aromatic N) is 2. The fraction of sp³-hybridized carbons (Fsp3) is 0.0909. The Kier molecular flexibility index (Phi) is 3.36. The zero-order valence-electron chi connectivity index (χ0n) is 8.30. The minimum absolute atomic E-state index is 0.215. The third-order valence-electron chi connectivity index (χ3n) is 1.88. The molecule has 2 aromatic rings. The van der Waals surface area contributed by atoms with Crippen molar-refractivity contribution in [3.63, 3.8) is 0 Å². The molecule has 0 amide bonds. The lowest BCUT2D eigenvalue weighted by atomic mass is 10.3. The summed E-state index contributed by atoms with van der Waals surface area (Å²) in [6.45, 7) is 0.304. The van der Waals surface area contributed by atoms with Gasteiger partial charge < -0.3 is 9.84 Å². The van der Waals surface area contributed by atoms with Gasteiger partial charge in [-0.25, -0.2) is 9.97 Å². The lowest BCUT2D eigenvalue weighted by Crippen LogP contribution is -2.00. The van der Waals surface area contributed by atoms with E-state index in [2.05, 4.69) is 25.9 Å². The van der Waals surface area contributed by atoms with Crippen LogP contribution < -0.4 is 4.74 Å². The lowest BCUT2D eigenvalue weighted by molar-refractivity contribution is 0.295. The molecule has 0 aliphatic heterocycles. The van der Waals surface area contributed by atoms with Gasteiger partial charge in [0, 0.05) is 12.4 Å². The zero-order chi connectivity index (χ0) is 11.4. The molecule has 82 valence electrons. The Balaban J connectivity index is 1.97. The lowest BCUT2D eigenvalue weighted by Gasteiger charge is -2.04. The van der Waals surface area contributed by atoms with Gasteiger partial charge in [0.15, 0.2) is 5.82 Å². The minimum Gasteiger partial charge on any atom is -0.508 e. The number of phenols is 1. The maximum Gasteiger partial charge on any atom is 0.166 e. The van der Waals surface area contributed by atoms with Gasteiger partial charge in [-0.1, -0.05) is 0 Å². The van der Waals surface area contributed by atoms with Crippen LogP contribution in [0.15, 0.2) is 41.1 Å². The summed E-state index contributed by atoms with van der Waals surface area (Å²) in [7, 11) is 0. The Morgan fingerprint density at radius 2 is 1.75 bits per heavy atom. The van der Waals surface area contributed by atoms with Crippen LogP contribution in [0, 0.1) is 0 Å². The summed E-state index contributed by atoms with van der Waals surface area (Å²) in [4.78, 5) is 8.16. The van der Waals surface area contributed by atoms with Crippen LogP contribution in [0.2, 0.25) is 0 Å². The third kappa shape index (κ3) is 2.93. The molecule has 2 rings (SSSR count). The second-order valence-electron chi connectivity index (χ2n) is 3.10. The number of ether oxygens (including phenoxy) is 1. The largest absolute Gasteiger partial charge is 0.508 e. The van der Waals surface area contributed by atoms with E-state index in [9.17, 15) is 0 Å². The summed E-state index contributed by atoms with van der Waals surface area (Å²) in [5, 5.41) is 9.09. The standard InChI is InChI=1S/C11H9BrN2O2/c12-8-5-13-11(14-6-8)7-16-10-3-1-9(15)2-4-10/h1-6,15H,7H2. The van der Waals surface area contributed by atoms with Crippen molar-refractivity contribution >= 4 is 15.9 Å². The first-order valence-electron chi connectivity index (χ1n) is 4.62. The average molecular weight is 281 g/mol. The van der Waals surface area contributed by atoms with Crippen molar-refractivity contribution in [3.05, 3.63) is 47.0 Å². The normalized spacial score (nSPS) is 10.1. The average Bonchev–Trinajstić information content (AvgIpc) is 2.30. The van der Waals surface area contributed by atoms with E-state index < -0.39 is 0 Å². The number of benzene rings is 1. The topological polar surface area (TPSA) is 55.2 Å². The molecular weight excluding hydrogens is 272 g/mol. The Morgan fingerprint density at radius 1 is 1.12 bits per heavy atom. The quantitative estimate of drug-likeness (QED) is 0.939. The van der Waals surface area contributed by atoms with Gasteiger partial charge in [0.2, 0.25) is 0 Å². The van der Waals surface area contributed by atoms with E-state index in [4.69, 9.17) is 9.84 Å². The highest BCUT2D eigenvalue weighted by Crippen LogP contribution is 2.16. The summed E-state index contributed by atoms with van der Waals surface area (Å²) >= 11 is 3.26. The molecule has 0 saturated carbocycles. The smallest absolute Gasteiger partial charge is 0.166 e. The zero-order valence-corrected chi connectivity index (χ0v) is 9.89. The Labute approximate surface area is 101 Å². The van der Waals surface area contributed by atoms with Crippen LogP contribution in [-0.4, -0.2) is 15.1 Å². The van der Waals surface area contributed by atoms with Crippen LogP contribution >= 0.6 is 15.9 Å². The molecule has 1 aromatic carbocycles. The molecule has 0 fully saturated rings. The van der Waals surface area contributed by atoms with Crippen LogP contribution in [0.25, 0.3) is 0 Å². The SMILES string of the molecule is Oc1ccc(OCc2ncc(Br)cn2)cc1. The Bertz CT molecular complexity index is 411. The van der Waals surface area contributed by atoms with Crippen LogP contribution in [0.4, 0.5) is 0 Å². The van der Waals surface area contributed by atoms with Gasteiger partial charge in [-0.2, -0.15) is 0 Å². The van der Waals surface area contributed by atoms with Gasteiger partial charge >= 0.3 is 0 Å².